The maximum atomic E-state index is 11.9. The highest BCUT2D eigenvalue weighted by molar-refractivity contribution is 7.91. The highest BCUT2D eigenvalue weighted by atomic mass is 32.2. The van der Waals surface area contributed by atoms with Crippen LogP contribution >= 0.6 is 11.3 Å². The number of nitrogens with two attached hydrogens (primary N) is 1. The van der Waals surface area contributed by atoms with Crippen molar-refractivity contribution in [2.75, 3.05) is 12.3 Å². The molecule has 0 spiro atoms. The number of rotatable bonds is 4. The summed E-state index contributed by atoms with van der Waals surface area (Å²) in [5, 5.41) is 7.25. The number of hydrogen-bond acceptors (Lipinski definition) is 6. The van der Waals surface area contributed by atoms with Gasteiger partial charge in [-0.15, -0.1) is 10.2 Å². The second-order valence-corrected chi connectivity index (χ2v) is 7.73. The average molecular weight is 290 g/mol. The minimum absolute atomic E-state index is 0.0523. The molecule has 102 valence electrons. The molecule has 0 saturated heterocycles. The summed E-state index contributed by atoms with van der Waals surface area (Å²) in [4.78, 5) is 0. The van der Waals surface area contributed by atoms with Crippen LogP contribution in [0.15, 0.2) is 4.34 Å². The Morgan fingerprint density at radius 1 is 1.39 bits per heavy atom. The van der Waals surface area contributed by atoms with E-state index in [2.05, 4.69) is 21.8 Å². The molecule has 6 nitrogen and oxygen atoms in total. The van der Waals surface area contributed by atoms with Gasteiger partial charge in [-0.25, -0.2) is 13.1 Å². The van der Waals surface area contributed by atoms with Crippen LogP contribution in [0.25, 0.3) is 0 Å². The van der Waals surface area contributed by atoms with Gasteiger partial charge in [-0.1, -0.05) is 37.5 Å². The maximum absolute atomic E-state index is 11.9. The Balaban J connectivity index is 1.96. The lowest BCUT2D eigenvalue weighted by molar-refractivity contribution is 0.257. The molecule has 2 unspecified atom stereocenters. The van der Waals surface area contributed by atoms with E-state index in [4.69, 9.17) is 5.73 Å². The molecule has 0 aromatic carbocycles. The molecule has 1 heterocycles. The van der Waals surface area contributed by atoms with Gasteiger partial charge in [0.15, 0.2) is 0 Å². The molecule has 0 bridgehead atoms. The highest BCUT2D eigenvalue weighted by Crippen LogP contribution is 2.29. The van der Waals surface area contributed by atoms with Gasteiger partial charge in [0.2, 0.25) is 9.47 Å². The lowest BCUT2D eigenvalue weighted by Crippen LogP contribution is -2.33. The second-order valence-electron chi connectivity index (χ2n) is 4.78. The van der Waals surface area contributed by atoms with Gasteiger partial charge in [0.05, 0.1) is 0 Å². The summed E-state index contributed by atoms with van der Waals surface area (Å²) in [6.45, 7) is 2.66. The lowest BCUT2D eigenvalue weighted by Gasteiger charge is -2.28. The van der Waals surface area contributed by atoms with Gasteiger partial charge in [-0.05, 0) is 18.3 Å². The summed E-state index contributed by atoms with van der Waals surface area (Å²) in [6, 6.07) is 0. The van der Waals surface area contributed by atoms with Crippen LogP contribution < -0.4 is 10.5 Å². The van der Waals surface area contributed by atoms with Crippen LogP contribution in [0, 0.1) is 11.8 Å². The molecule has 1 fully saturated rings. The summed E-state index contributed by atoms with van der Waals surface area (Å²) >= 11 is 0.887. The molecule has 1 aliphatic rings. The largest absolute Gasteiger partial charge is 0.374 e. The van der Waals surface area contributed by atoms with Gasteiger partial charge in [0.25, 0.3) is 10.0 Å². The van der Waals surface area contributed by atoms with E-state index >= 15 is 0 Å². The molecule has 8 heteroatoms. The molecule has 18 heavy (non-hydrogen) atoms. The molecular weight excluding hydrogens is 272 g/mol. The molecule has 2 atom stereocenters. The van der Waals surface area contributed by atoms with Crippen LogP contribution in [0.2, 0.25) is 0 Å². The first-order valence-electron chi connectivity index (χ1n) is 6.07. The van der Waals surface area contributed by atoms with E-state index in [1.807, 2.05) is 0 Å². The fraction of sp³-hybridized carbons (Fsp3) is 0.800. The Bertz CT molecular complexity index is 500. The van der Waals surface area contributed by atoms with Crippen LogP contribution in [-0.4, -0.2) is 25.2 Å². The van der Waals surface area contributed by atoms with E-state index in [0.29, 0.717) is 18.4 Å². The topological polar surface area (TPSA) is 98.0 Å². The van der Waals surface area contributed by atoms with Crippen molar-refractivity contribution >= 4 is 26.5 Å². The van der Waals surface area contributed by atoms with E-state index in [-0.39, 0.29) is 9.47 Å². The smallest absolute Gasteiger partial charge is 0.269 e. The summed E-state index contributed by atoms with van der Waals surface area (Å²) in [5.74, 6) is 0.986. The van der Waals surface area contributed by atoms with Crippen LogP contribution in [0.5, 0.6) is 0 Å². The van der Waals surface area contributed by atoms with Crippen LogP contribution in [0.3, 0.4) is 0 Å². The zero-order chi connectivity index (χ0) is 13.2. The third kappa shape index (κ3) is 3.18. The number of aromatic nitrogens is 2. The number of sulfonamides is 1. The minimum Gasteiger partial charge on any atom is -0.374 e. The molecular formula is C10H18N4O2S2. The Hall–Kier alpha value is -0.730. The van der Waals surface area contributed by atoms with Crippen molar-refractivity contribution in [2.24, 2.45) is 11.8 Å². The highest BCUT2D eigenvalue weighted by Gasteiger charge is 2.25. The molecule has 3 N–H and O–H groups in total. The molecule has 1 aromatic rings. The first-order chi connectivity index (χ1) is 8.49. The van der Waals surface area contributed by atoms with E-state index < -0.39 is 10.0 Å². The Morgan fingerprint density at radius 2 is 2.11 bits per heavy atom. The molecule has 2 rings (SSSR count). The maximum Gasteiger partial charge on any atom is 0.269 e. The predicted octanol–water partition coefficient (Wildman–Crippen LogP) is 1.22. The minimum atomic E-state index is -3.55. The monoisotopic (exact) mass is 290 g/mol. The van der Waals surface area contributed by atoms with Gasteiger partial charge in [0.1, 0.15) is 0 Å². The first kappa shape index (κ1) is 13.7. The number of hydrogen-bond donors (Lipinski definition) is 2. The predicted molar refractivity (Wildman–Crippen MR) is 70.6 cm³/mol. The van der Waals surface area contributed by atoms with Gasteiger partial charge >= 0.3 is 0 Å². The van der Waals surface area contributed by atoms with Crippen molar-refractivity contribution in [1.82, 2.24) is 14.9 Å². The molecule has 0 amide bonds. The average Bonchev–Trinajstić information content (AvgIpc) is 2.76. The third-order valence-electron chi connectivity index (χ3n) is 3.48. The van der Waals surface area contributed by atoms with Crippen molar-refractivity contribution < 1.29 is 8.42 Å². The number of anilines is 1. The standard InChI is InChI=1S/C10H18N4O2S2/c1-7-4-2-3-5-8(7)6-12-18(15,16)10-14-13-9(11)17-10/h7-8,12H,2-6H2,1H3,(H2,11,13). The zero-order valence-electron chi connectivity index (χ0n) is 10.3. The van der Waals surface area contributed by atoms with E-state index in [9.17, 15) is 8.42 Å². The molecule has 1 aromatic heterocycles. The van der Waals surface area contributed by atoms with Gasteiger partial charge < -0.3 is 5.73 Å². The first-order valence-corrected chi connectivity index (χ1v) is 8.37. The van der Waals surface area contributed by atoms with Gasteiger partial charge in [-0.3, -0.25) is 0 Å². The molecule has 1 saturated carbocycles. The van der Waals surface area contributed by atoms with E-state index in [1.54, 1.807) is 0 Å². The van der Waals surface area contributed by atoms with E-state index in [0.717, 1.165) is 17.8 Å². The molecule has 1 aliphatic carbocycles. The SMILES string of the molecule is CC1CCCCC1CNS(=O)(=O)c1nnc(N)s1. The Labute approximate surface area is 111 Å². The molecule has 0 radical (unpaired) electrons. The zero-order valence-corrected chi connectivity index (χ0v) is 11.9. The van der Waals surface area contributed by atoms with Crippen LogP contribution in [0.1, 0.15) is 32.6 Å². The summed E-state index contributed by atoms with van der Waals surface area (Å²) in [7, 11) is -3.55. The second kappa shape index (κ2) is 5.50. The number of nitrogen functional groups attached to an aromatic ring is 1. The quantitative estimate of drug-likeness (QED) is 0.869. The fourth-order valence-corrected chi connectivity index (χ4v) is 4.22. The van der Waals surface area contributed by atoms with Crippen molar-refractivity contribution in [3.05, 3.63) is 0 Å². The summed E-state index contributed by atoms with van der Waals surface area (Å²) in [5.41, 5.74) is 5.39. The number of nitrogens with one attached hydrogen (secondary N) is 1. The van der Waals surface area contributed by atoms with Crippen LogP contribution in [-0.2, 0) is 10.0 Å². The van der Waals surface area contributed by atoms with Gasteiger partial charge in [-0.2, -0.15) is 0 Å². The van der Waals surface area contributed by atoms with Crippen molar-refractivity contribution in [3.8, 4) is 0 Å². The van der Waals surface area contributed by atoms with Crippen LogP contribution in [0.4, 0.5) is 5.13 Å². The van der Waals surface area contributed by atoms with E-state index in [1.165, 1.54) is 19.3 Å². The van der Waals surface area contributed by atoms with Crippen molar-refractivity contribution in [1.29, 1.82) is 0 Å². The fourth-order valence-electron chi connectivity index (χ4n) is 2.30. The summed E-state index contributed by atoms with van der Waals surface area (Å²) < 4.78 is 26.4. The van der Waals surface area contributed by atoms with Gasteiger partial charge in [0, 0.05) is 6.54 Å². The van der Waals surface area contributed by atoms with Crippen molar-refractivity contribution in [3.63, 3.8) is 0 Å². The lowest BCUT2D eigenvalue weighted by atomic mass is 9.81. The summed E-state index contributed by atoms with van der Waals surface area (Å²) in [6.07, 6.45) is 4.69. The normalized spacial score (nSPS) is 25.2. The third-order valence-corrected chi connectivity index (χ3v) is 6.02. The van der Waals surface area contributed by atoms with Crippen molar-refractivity contribution in [2.45, 2.75) is 36.9 Å². The Morgan fingerprint density at radius 3 is 2.72 bits per heavy atom. The number of nitrogens with zero attached hydrogens (tertiary/aromatic N) is 2. The Kier molecular flexibility index (Phi) is 4.18. The molecule has 0 aliphatic heterocycles.